The van der Waals surface area contributed by atoms with Gasteiger partial charge in [-0.05, 0) is 107 Å². The maximum Gasteiger partial charge on any atom is 0.419 e. The summed E-state index contributed by atoms with van der Waals surface area (Å²) >= 11 is 5.80. The van der Waals surface area contributed by atoms with Crippen molar-refractivity contribution < 1.29 is 59.0 Å². The number of benzene rings is 5. The van der Waals surface area contributed by atoms with Crippen molar-refractivity contribution in [1.29, 1.82) is 0 Å². The number of alkyl halides is 1. The Morgan fingerprint density at radius 3 is 1.77 bits per heavy atom. The van der Waals surface area contributed by atoms with E-state index < -0.39 is 47.0 Å². The summed E-state index contributed by atoms with van der Waals surface area (Å²) in [4.78, 5) is 58.8. The molecule has 0 unspecified atom stereocenters. The van der Waals surface area contributed by atoms with Gasteiger partial charge in [-0.1, -0.05) is 97.1 Å². The first-order chi connectivity index (χ1) is 33.3. The van der Waals surface area contributed by atoms with E-state index in [1.54, 1.807) is 84.0 Å². The van der Waals surface area contributed by atoms with Gasteiger partial charge in [-0.2, -0.15) is 27.0 Å². The van der Waals surface area contributed by atoms with E-state index in [0.29, 0.717) is 52.0 Å². The summed E-state index contributed by atoms with van der Waals surface area (Å²) in [5.41, 5.74) is 3.06. The summed E-state index contributed by atoms with van der Waals surface area (Å²) in [6.45, 7) is 11.9. The zero-order valence-electron chi connectivity index (χ0n) is 41.2. The molecule has 1 N–H and O–H groups in total. The van der Waals surface area contributed by atoms with E-state index in [4.69, 9.17) is 26.1 Å². The Morgan fingerprint density at radius 1 is 0.726 bits per heavy atom. The second-order valence-electron chi connectivity index (χ2n) is 18.9. The zero-order chi connectivity index (χ0) is 50.3. The summed E-state index contributed by atoms with van der Waals surface area (Å²) in [5.74, 6) is -2.38. The molecule has 0 bridgehead atoms. The number of ether oxygens (including phenoxy) is 2. The molecule has 18 heteroatoms. The van der Waals surface area contributed by atoms with Gasteiger partial charge >= 0.3 is 18.2 Å². The van der Waals surface area contributed by atoms with Gasteiger partial charge in [0.1, 0.15) is 22.8 Å². The van der Waals surface area contributed by atoms with Gasteiger partial charge in [0.2, 0.25) is 0 Å². The van der Waals surface area contributed by atoms with E-state index >= 15 is 4.39 Å². The number of aromatic nitrogens is 2. The fraction of sp³-hybridized carbons (Fsp3) is 0.291. The smallest absolute Gasteiger partial charge is 0.419 e. The Hall–Kier alpha value is -5.97. The molecule has 1 amide bonds. The molecule has 0 radical (unpaired) electrons. The van der Waals surface area contributed by atoms with Crippen molar-refractivity contribution >= 4 is 95.9 Å². The molecule has 1 fully saturated rings. The zero-order valence-corrected chi connectivity index (χ0v) is 44.9. The molecule has 8 rings (SSSR count). The molecule has 1 aliphatic heterocycles. The maximum atomic E-state index is 15.4. The summed E-state index contributed by atoms with van der Waals surface area (Å²) in [6, 6.07) is 33.2. The summed E-state index contributed by atoms with van der Waals surface area (Å²) in [7, 11) is 0. The van der Waals surface area contributed by atoms with E-state index in [2.05, 4.69) is 10.2 Å². The molecule has 0 spiro atoms. The Balaban J connectivity index is 0.000000443. The van der Waals surface area contributed by atoms with Gasteiger partial charge in [-0.3, -0.25) is 19.0 Å². The molecule has 1 aliphatic rings. The van der Waals surface area contributed by atoms with E-state index in [1.165, 1.54) is 39.7 Å². The number of amides is 1. The van der Waals surface area contributed by atoms with Gasteiger partial charge in [-0.25, -0.2) is 23.2 Å². The number of likely N-dealkylation sites (tertiary alicyclic amines) is 1. The molecule has 12 nitrogen and oxygen atoms in total. The molecule has 2 atom stereocenters. The third-order valence-electron chi connectivity index (χ3n) is 11.3. The number of hydrogen-bond acceptors (Lipinski definition) is 8. The number of aliphatic carboxylic acids is 1. The Kier molecular flexibility index (Phi) is 21.1. The van der Waals surface area contributed by atoms with Crippen molar-refractivity contribution in [2.45, 2.75) is 96.5 Å². The standard InChI is InChI=1S/C41H41FN4O5.C14H15ClFNO2.Ni.2H2S/c1-41(2,3)51-40(50)46-26-29(36-31(42)19-12-21-34(36)46)24-33(39(48)49)43-37(28-16-8-5-9-17-28)30-18-10-11-20-32(30)44-38(47)35-22-13-23-45(35)25-27-14-6-4-7-15-27;1-14(2,3)19-13(18)17-8-9(7-15)12-10(16)5-4-6-11(12)17;;;/h4-12,14-21,26,33,35H,13,22-25H2,1-3H3,(H2,43,44,47,48,49);4-6,8H,7H2,1-3H3;;2*1H2/p-1/t33-,35-;;;;/m0..../s1. The average Bonchev–Trinajstić information content (AvgIpc) is 4.05. The number of carboxylic acid groups (broad SMARTS) is 1. The molecule has 390 valence electrons. The fourth-order valence-corrected chi connectivity index (χ4v) is 8.55. The number of nitrogens with zero attached hydrogens (tertiary/aromatic N) is 5. The minimum absolute atomic E-state index is 0. The first kappa shape index (κ1) is 59.6. The van der Waals surface area contributed by atoms with Crippen molar-refractivity contribution in [3.05, 3.63) is 178 Å². The van der Waals surface area contributed by atoms with Crippen LogP contribution < -0.4 is 0 Å². The molecule has 1 saturated heterocycles. The van der Waals surface area contributed by atoms with Crippen LogP contribution in [0, 0.1) is 11.6 Å². The van der Waals surface area contributed by atoms with Gasteiger partial charge in [0.25, 0.3) is 0 Å². The number of carbonyl (C=O) groups excluding carboxylic acids is 3. The molecular weight excluding hydrogens is 1040 g/mol. The minimum atomic E-state index is -1.39. The number of aliphatic imine (C=N–C) groups is 1. The van der Waals surface area contributed by atoms with E-state index in [9.17, 15) is 28.7 Å². The maximum absolute atomic E-state index is 15.4. The SMILES string of the molecule is CC(C)(C)OC(=O)n1cc(CCl)c2c(F)cccc21.CC(C)(C)OC(=O)n1cc(C[C@H](N=C(c2ccccc2)c2ccccc2[N-]C(=O)[C@@H]2CCCN2Cc2ccccc2)C(=O)O)c2c(F)cccc21.S.S.[Ni]. The Labute approximate surface area is 452 Å². The summed E-state index contributed by atoms with van der Waals surface area (Å²) < 4.78 is 42.5. The van der Waals surface area contributed by atoms with Crippen LogP contribution in [0.2, 0.25) is 0 Å². The van der Waals surface area contributed by atoms with Gasteiger partial charge in [-0.15, -0.1) is 17.3 Å². The Morgan fingerprint density at radius 2 is 1.23 bits per heavy atom. The number of carboxylic acids is 1. The molecule has 5 aromatic carbocycles. The number of fused-ring (bicyclic) bond motifs is 2. The van der Waals surface area contributed by atoms with Crippen LogP contribution >= 0.6 is 38.6 Å². The van der Waals surface area contributed by atoms with Crippen LogP contribution in [-0.2, 0) is 54.4 Å². The van der Waals surface area contributed by atoms with Gasteiger partial charge < -0.3 is 24.7 Å². The van der Waals surface area contributed by atoms with Crippen molar-refractivity contribution in [1.82, 2.24) is 14.0 Å². The van der Waals surface area contributed by atoms with Crippen LogP contribution in [0.15, 0.2) is 139 Å². The second-order valence-corrected chi connectivity index (χ2v) is 19.2. The number of hydrogen-bond donors (Lipinski definition) is 1. The number of rotatable bonds is 11. The van der Waals surface area contributed by atoms with E-state index in [1.807, 2.05) is 60.7 Å². The predicted octanol–water partition coefficient (Wildman–Crippen LogP) is 12.8. The summed E-state index contributed by atoms with van der Waals surface area (Å²) in [5, 5.41) is 15.6. The van der Waals surface area contributed by atoms with Crippen molar-refractivity contribution in [2.24, 2.45) is 4.99 Å². The first-order valence-corrected chi connectivity index (χ1v) is 23.4. The molecule has 3 heterocycles. The van der Waals surface area contributed by atoms with Gasteiger partial charge in [0.05, 0.1) is 28.7 Å². The quantitative estimate of drug-likeness (QED) is 0.0765. The van der Waals surface area contributed by atoms with Crippen LogP contribution in [0.1, 0.15) is 82.2 Å². The van der Waals surface area contributed by atoms with Crippen LogP contribution in [0.25, 0.3) is 27.1 Å². The van der Waals surface area contributed by atoms with E-state index in [0.717, 1.165) is 18.5 Å². The van der Waals surface area contributed by atoms with Crippen LogP contribution in [0.5, 0.6) is 0 Å². The second kappa shape index (κ2) is 25.8. The van der Waals surface area contributed by atoms with Crippen molar-refractivity contribution in [2.75, 3.05) is 6.54 Å². The molecule has 7 aromatic rings. The summed E-state index contributed by atoms with van der Waals surface area (Å²) in [6.07, 6.45) is 3.02. The van der Waals surface area contributed by atoms with Crippen LogP contribution in [-0.4, -0.2) is 78.7 Å². The van der Waals surface area contributed by atoms with Gasteiger partial charge in [0, 0.05) is 64.1 Å². The molecule has 73 heavy (non-hydrogen) atoms. The molecule has 2 aromatic heterocycles. The van der Waals surface area contributed by atoms with Crippen molar-refractivity contribution in [3.63, 3.8) is 0 Å². The molecular formula is C55H59ClF2N5NiO7S2-. The first-order valence-electron chi connectivity index (χ1n) is 22.9. The molecule has 0 aliphatic carbocycles. The minimum Gasteiger partial charge on any atom is -0.625 e. The molecule has 0 saturated carbocycles. The third kappa shape index (κ3) is 14.8. The average molecular weight is 1100 g/mol. The fourth-order valence-electron chi connectivity index (χ4n) is 8.35. The van der Waals surface area contributed by atoms with Crippen molar-refractivity contribution in [3.8, 4) is 0 Å². The van der Waals surface area contributed by atoms with Crippen LogP contribution in [0.3, 0.4) is 0 Å². The number of para-hydroxylation sites is 1. The predicted molar refractivity (Wildman–Crippen MR) is 289 cm³/mol. The normalized spacial score (nSPS) is 14.2. The Bertz CT molecular complexity index is 3070. The van der Waals surface area contributed by atoms with E-state index in [-0.39, 0.29) is 84.2 Å². The van der Waals surface area contributed by atoms with Gasteiger partial charge in [0.15, 0.2) is 6.04 Å². The third-order valence-corrected chi connectivity index (χ3v) is 11.6. The number of halogens is 3. The topological polar surface area (TPSA) is 147 Å². The number of carbonyl (C=O) groups is 4. The largest absolute Gasteiger partial charge is 0.625 e. The monoisotopic (exact) mass is 1100 g/mol. The van der Waals surface area contributed by atoms with Crippen LogP contribution in [0.4, 0.5) is 24.1 Å².